The van der Waals surface area contributed by atoms with E-state index >= 15 is 0 Å². The van der Waals surface area contributed by atoms with Crippen molar-refractivity contribution in [3.05, 3.63) is 18.2 Å². The molecule has 14 heavy (non-hydrogen) atoms. The van der Waals surface area contributed by atoms with Crippen LogP contribution in [0.5, 0.6) is 17.2 Å². The topological polar surface area (TPSA) is 27.7 Å². The summed E-state index contributed by atoms with van der Waals surface area (Å²) in [7, 11) is 3.21. The molecule has 0 radical (unpaired) electrons. The Morgan fingerprint density at radius 3 is 2.14 bits per heavy atom. The molecule has 0 saturated heterocycles. The molecule has 1 aromatic carbocycles. The van der Waals surface area contributed by atoms with Gasteiger partial charge in [0.2, 0.25) is 5.75 Å². The van der Waals surface area contributed by atoms with Crippen LogP contribution in [0.15, 0.2) is 18.2 Å². The summed E-state index contributed by atoms with van der Waals surface area (Å²) >= 11 is 3.29. The third-order valence-electron chi connectivity index (χ3n) is 1.71. The lowest BCUT2D eigenvalue weighted by atomic mass is 10.3. The number of methoxy groups -OCH3 is 2. The first-order valence-corrected chi connectivity index (χ1v) is 5.35. The Kier molecular flexibility index (Phi) is 4.59. The molecule has 0 saturated carbocycles. The van der Waals surface area contributed by atoms with Gasteiger partial charge in [-0.1, -0.05) is 22.0 Å². The van der Waals surface area contributed by atoms with Crippen LogP contribution >= 0.6 is 15.9 Å². The first-order valence-electron chi connectivity index (χ1n) is 4.23. The van der Waals surface area contributed by atoms with E-state index in [0.717, 1.165) is 5.33 Å². The van der Waals surface area contributed by atoms with E-state index in [2.05, 4.69) is 15.9 Å². The molecule has 0 amide bonds. The van der Waals surface area contributed by atoms with Crippen molar-refractivity contribution < 1.29 is 14.2 Å². The lowest BCUT2D eigenvalue weighted by Crippen LogP contribution is -2.01. The minimum atomic E-state index is 0.580. The smallest absolute Gasteiger partial charge is 0.203 e. The van der Waals surface area contributed by atoms with E-state index in [1.54, 1.807) is 14.2 Å². The molecule has 0 heterocycles. The fraction of sp³-hybridized carbons (Fsp3) is 0.400. The zero-order valence-corrected chi connectivity index (χ0v) is 9.83. The van der Waals surface area contributed by atoms with Crippen molar-refractivity contribution >= 4 is 15.9 Å². The highest BCUT2D eigenvalue weighted by molar-refractivity contribution is 9.09. The largest absolute Gasteiger partial charge is 0.493 e. The fourth-order valence-electron chi connectivity index (χ4n) is 1.10. The summed E-state index contributed by atoms with van der Waals surface area (Å²) in [5, 5.41) is 0.772. The first kappa shape index (κ1) is 11.2. The van der Waals surface area contributed by atoms with Gasteiger partial charge in [-0.2, -0.15) is 0 Å². The van der Waals surface area contributed by atoms with Crippen LogP contribution in [0, 0.1) is 0 Å². The van der Waals surface area contributed by atoms with Crippen molar-refractivity contribution in [3.63, 3.8) is 0 Å². The summed E-state index contributed by atoms with van der Waals surface area (Å²) in [4.78, 5) is 0. The second-order valence-electron chi connectivity index (χ2n) is 2.53. The summed E-state index contributed by atoms with van der Waals surface area (Å²) in [6.45, 7) is 0.580. The van der Waals surface area contributed by atoms with Crippen molar-refractivity contribution in [1.29, 1.82) is 0 Å². The maximum Gasteiger partial charge on any atom is 0.203 e. The van der Waals surface area contributed by atoms with Crippen LogP contribution in [0.25, 0.3) is 0 Å². The highest BCUT2D eigenvalue weighted by atomic mass is 79.9. The van der Waals surface area contributed by atoms with Crippen molar-refractivity contribution in [2.75, 3.05) is 26.2 Å². The third-order valence-corrected chi connectivity index (χ3v) is 2.03. The highest BCUT2D eigenvalue weighted by Crippen LogP contribution is 2.36. The van der Waals surface area contributed by atoms with Crippen molar-refractivity contribution in [3.8, 4) is 17.2 Å². The van der Waals surface area contributed by atoms with Crippen molar-refractivity contribution in [2.45, 2.75) is 0 Å². The predicted molar refractivity (Wildman–Crippen MR) is 58.8 cm³/mol. The van der Waals surface area contributed by atoms with Gasteiger partial charge < -0.3 is 14.2 Å². The normalized spacial score (nSPS) is 9.64. The molecule has 0 atom stereocenters. The van der Waals surface area contributed by atoms with Crippen LogP contribution in [-0.2, 0) is 0 Å². The molecule has 0 fully saturated rings. The van der Waals surface area contributed by atoms with Gasteiger partial charge in [-0.15, -0.1) is 0 Å². The number of para-hydroxylation sites is 1. The van der Waals surface area contributed by atoms with Gasteiger partial charge >= 0.3 is 0 Å². The Morgan fingerprint density at radius 2 is 1.71 bits per heavy atom. The predicted octanol–water partition coefficient (Wildman–Crippen LogP) is 2.48. The lowest BCUT2D eigenvalue weighted by molar-refractivity contribution is 0.291. The summed E-state index contributed by atoms with van der Waals surface area (Å²) in [6, 6.07) is 5.54. The molecule has 3 nitrogen and oxygen atoms in total. The molecule has 4 heteroatoms. The fourth-order valence-corrected chi connectivity index (χ4v) is 1.26. The molecular formula is C10H13BrO3. The molecule has 78 valence electrons. The Labute approximate surface area is 92.1 Å². The van der Waals surface area contributed by atoms with E-state index in [1.165, 1.54) is 0 Å². The minimum absolute atomic E-state index is 0.580. The number of alkyl halides is 1. The molecule has 1 aromatic rings. The van der Waals surface area contributed by atoms with E-state index in [1.807, 2.05) is 18.2 Å². The van der Waals surface area contributed by atoms with Crippen LogP contribution in [0.3, 0.4) is 0 Å². The Bertz CT molecular complexity index is 266. The molecule has 0 spiro atoms. The van der Waals surface area contributed by atoms with Crippen LogP contribution < -0.4 is 14.2 Å². The number of halogens is 1. The second kappa shape index (κ2) is 5.75. The number of ether oxygens (including phenoxy) is 3. The number of benzene rings is 1. The zero-order chi connectivity index (χ0) is 10.4. The Balaban J connectivity index is 2.93. The number of hydrogen-bond donors (Lipinski definition) is 0. The van der Waals surface area contributed by atoms with E-state index in [-0.39, 0.29) is 0 Å². The van der Waals surface area contributed by atoms with Gasteiger partial charge in [-0.05, 0) is 12.1 Å². The Morgan fingerprint density at radius 1 is 1.14 bits per heavy atom. The van der Waals surface area contributed by atoms with Gasteiger partial charge in [0.25, 0.3) is 0 Å². The van der Waals surface area contributed by atoms with Gasteiger partial charge in [0.1, 0.15) is 0 Å². The maximum absolute atomic E-state index is 5.50. The average molecular weight is 261 g/mol. The van der Waals surface area contributed by atoms with Crippen LogP contribution in [0.4, 0.5) is 0 Å². The molecule has 0 aliphatic carbocycles. The van der Waals surface area contributed by atoms with Crippen LogP contribution in [0.2, 0.25) is 0 Å². The zero-order valence-electron chi connectivity index (χ0n) is 8.25. The van der Waals surface area contributed by atoms with E-state index < -0.39 is 0 Å². The van der Waals surface area contributed by atoms with E-state index in [4.69, 9.17) is 14.2 Å². The lowest BCUT2D eigenvalue weighted by Gasteiger charge is -2.12. The van der Waals surface area contributed by atoms with Crippen molar-refractivity contribution in [2.24, 2.45) is 0 Å². The standard InChI is InChI=1S/C10H13BrO3/c1-12-8-4-3-5-9(13-2)10(8)14-7-6-11/h3-5H,6-7H2,1-2H3. The SMILES string of the molecule is COc1cccc(OC)c1OCCBr. The molecule has 0 unspecified atom stereocenters. The summed E-state index contributed by atoms with van der Waals surface area (Å²) in [6.07, 6.45) is 0. The van der Waals surface area contributed by atoms with E-state index in [0.29, 0.717) is 23.9 Å². The molecule has 0 aliphatic rings. The van der Waals surface area contributed by atoms with E-state index in [9.17, 15) is 0 Å². The van der Waals surface area contributed by atoms with Gasteiger partial charge in [-0.25, -0.2) is 0 Å². The van der Waals surface area contributed by atoms with Gasteiger partial charge in [0.05, 0.1) is 20.8 Å². The highest BCUT2D eigenvalue weighted by Gasteiger charge is 2.10. The van der Waals surface area contributed by atoms with Gasteiger partial charge in [0, 0.05) is 5.33 Å². The van der Waals surface area contributed by atoms with Crippen LogP contribution in [-0.4, -0.2) is 26.2 Å². The summed E-state index contributed by atoms with van der Waals surface area (Å²) < 4.78 is 15.8. The quantitative estimate of drug-likeness (QED) is 0.762. The molecule has 0 N–H and O–H groups in total. The van der Waals surface area contributed by atoms with Gasteiger partial charge in [-0.3, -0.25) is 0 Å². The first-order chi connectivity index (χ1) is 6.83. The maximum atomic E-state index is 5.50. The minimum Gasteiger partial charge on any atom is -0.493 e. The number of rotatable bonds is 5. The molecule has 1 rings (SSSR count). The monoisotopic (exact) mass is 260 g/mol. The molecular weight excluding hydrogens is 248 g/mol. The molecule has 0 aliphatic heterocycles. The molecule has 0 aromatic heterocycles. The number of hydrogen-bond acceptors (Lipinski definition) is 3. The summed E-state index contributed by atoms with van der Waals surface area (Å²) in [5.41, 5.74) is 0. The van der Waals surface area contributed by atoms with Crippen LogP contribution in [0.1, 0.15) is 0 Å². The third kappa shape index (κ3) is 2.54. The average Bonchev–Trinajstić information content (AvgIpc) is 2.25. The second-order valence-corrected chi connectivity index (χ2v) is 3.32. The van der Waals surface area contributed by atoms with Crippen molar-refractivity contribution in [1.82, 2.24) is 0 Å². The summed E-state index contributed by atoms with van der Waals surface area (Å²) in [5.74, 6) is 2.02. The molecule has 0 bridgehead atoms. The van der Waals surface area contributed by atoms with Gasteiger partial charge in [0.15, 0.2) is 11.5 Å². The Hall–Kier alpha value is -0.900.